The van der Waals surface area contributed by atoms with E-state index in [4.69, 9.17) is 9.84 Å². The molecule has 0 spiro atoms. The Morgan fingerprint density at radius 1 is 1.32 bits per heavy atom. The van der Waals surface area contributed by atoms with E-state index in [0.717, 1.165) is 11.1 Å². The fraction of sp³-hybridized carbons (Fsp3) is 0.333. The van der Waals surface area contributed by atoms with E-state index >= 15 is 0 Å². The maximum Gasteiger partial charge on any atom is 0.320 e. The molecule has 0 saturated carbocycles. The van der Waals surface area contributed by atoms with Crippen LogP contribution in [0.3, 0.4) is 0 Å². The highest BCUT2D eigenvalue weighted by Crippen LogP contribution is 2.26. The molecule has 2 aromatic rings. The van der Waals surface area contributed by atoms with Crippen LogP contribution in [0.5, 0.6) is 0 Å². The van der Waals surface area contributed by atoms with Crippen LogP contribution in [0.4, 0.5) is 10.6 Å². The fourth-order valence-electron chi connectivity index (χ4n) is 1.97. The molecule has 1 aromatic heterocycles. The van der Waals surface area contributed by atoms with Gasteiger partial charge in [-0.25, -0.2) is 4.79 Å². The third-order valence-corrected chi connectivity index (χ3v) is 3.02. The minimum atomic E-state index is -0.326. The summed E-state index contributed by atoms with van der Waals surface area (Å²) in [6.07, 6.45) is 1.72. The van der Waals surface area contributed by atoms with Crippen LogP contribution in [0.1, 0.15) is 0 Å². The van der Waals surface area contributed by atoms with Gasteiger partial charge in [0.25, 0.3) is 0 Å². The first-order valence-corrected chi connectivity index (χ1v) is 7.03. The van der Waals surface area contributed by atoms with Gasteiger partial charge in [-0.05, 0) is 5.56 Å². The lowest BCUT2D eigenvalue weighted by Crippen LogP contribution is -2.32. The van der Waals surface area contributed by atoms with Gasteiger partial charge in [0, 0.05) is 19.2 Å². The standard InChI is InChI=1S/C15H20N4O3/c1-19-14(18-15(21)16-7-9-22-10-8-20)13(11-17-19)12-5-3-2-4-6-12/h2-6,11,20H,7-10H2,1H3,(H2,16,18,21). The van der Waals surface area contributed by atoms with E-state index in [-0.39, 0.29) is 19.2 Å². The predicted molar refractivity (Wildman–Crippen MR) is 83.6 cm³/mol. The Kier molecular flexibility index (Phi) is 5.93. The van der Waals surface area contributed by atoms with E-state index < -0.39 is 0 Å². The largest absolute Gasteiger partial charge is 0.394 e. The number of ether oxygens (including phenoxy) is 1. The molecule has 0 bridgehead atoms. The Balaban J connectivity index is 1.95. The number of benzene rings is 1. The van der Waals surface area contributed by atoms with Crippen molar-refractivity contribution in [1.29, 1.82) is 0 Å². The summed E-state index contributed by atoms with van der Waals surface area (Å²) < 4.78 is 6.69. The first-order chi connectivity index (χ1) is 10.7. The summed E-state index contributed by atoms with van der Waals surface area (Å²) in [5, 5.41) is 18.3. The van der Waals surface area contributed by atoms with Crippen LogP contribution in [-0.2, 0) is 11.8 Å². The molecule has 0 aliphatic carbocycles. The van der Waals surface area contributed by atoms with Crippen molar-refractivity contribution in [2.75, 3.05) is 31.7 Å². The number of amides is 2. The zero-order valence-electron chi connectivity index (χ0n) is 12.5. The van der Waals surface area contributed by atoms with Crippen molar-refractivity contribution >= 4 is 11.8 Å². The fourth-order valence-corrected chi connectivity index (χ4v) is 1.97. The molecule has 0 aliphatic heterocycles. The second-order valence-corrected chi connectivity index (χ2v) is 4.61. The summed E-state index contributed by atoms with van der Waals surface area (Å²) in [6, 6.07) is 9.40. The van der Waals surface area contributed by atoms with Crippen LogP contribution >= 0.6 is 0 Å². The second-order valence-electron chi connectivity index (χ2n) is 4.61. The van der Waals surface area contributed by atoms with Gasteiger partial charge in [-0.2, -0.15) is 5.10 Å². The normalized spacial score (nSPS) is 10.5. The van der Waals surface area contributed by atoms with E-state index in [2.05, 4.69) is 15.7 Å². The SMILES string of the molecule is Cn1ncc(-c2ccccc2)c1NC(=O)NCCOCCO. The highest BCUT2D eigenvalue weighted by Gasteiger charge is 2.12. The number of nitrogens with one attached hydrogen (secondary N) is 2. The van der Waals surface area contributed by atoms with Gasteiger partial charge in [0.15, 0.2) is 0 Å². The van der Waals surface area contributed by atoms with Crippen molar-refractivity contribution in [2.45, 2.75) is 0 Å². The molecule has 7 heteroatoms. The first-order valence-electron chi connectivity index (χ1n) is 7.03. The number of carbonyl (C=O) groups excluding carboxylic acids is 1. The highest BCUT2D eigenvalue weighted by molar-refractivity contribution is 5.93. The van der Waals surface area contributed by atoms with Gasteiger partial charge in [-0.3, -0.25) is 10.00 Å². The average molecular weight is 304 g/mol. The minimum absolute atomic E-state index is 0.0261. The van der Waals surface area contributed by atoms with Crippen LogP contribution < -0.4 is 10.6 Å². The number of aliphatic hydroxyl groups is 1. The Morgan fingerprint density at radius 3 is 2.82 bits per heavy atom. The molecule has 7 nitrogen and oxygen atoms in total. The summed E-state index contributed by atoms with van der Waals surface area (Å²) in [5.74, 6) is 0.625. The van der Waals surface area contributed by atoms with Crippen LogP contribution in [0, 0.1) is 0 Å². The van der Waals surface area contributed by atoms with Gasteiger partial charge in [0.1, 0.15) is 5.82 Å². The zero-order chi connectivity index (χ0) is 15.8. The van der Waals surface area contributed by atoms with Gasteiger partial charge in [0.05, 0.1) is 26.0 Å². The molecule has 1 aromatic carbocycles. The number of hydrogen-bond acceptors (Lipinski definition) is 4. The number of hydrogen-bond donors (Lipinski definition) is 3. The van der Waals surface area contributed by atoms with E-state index in [1.54, 1.807) is 17.9 Å². The summed E-state index contributed by atoms with van der Waals surface area (Å²) in [5.41, 5.74) is 1.84. The third-order valence-electron chi connectivity index (χ3n) is 3.02. The van der Waals surface area contributed by atoms with Crippen LogP contribution in [0.15, 0.2) is 36.5 Å². The Bertz CT molecular complexity index is 598. The molecule has 1 heterocycles. The number of aryl methyl sites for hydroxylation is 1. The summed E-state index contributed by atoms with van der Waals surface area (Å²) in [4.78, 5) is 11.9. The van der Waals surface area contributed by atoms with E-state index in [9.17, 15) is 4.79 Å². The molecule has 0 atom stereocenters. The van der Waals surface area contributed by atoms with Crippen LogP contribution in [0.2, 0.25) is 0 Å². The van der Waals surface area contributed by atoms with Gasteiger partial charge < -0.3 is 15.2 Å². The highest BCUT2D eigenvalue weighted by atomic mass is 16.5. The molecule has 2 amide bonds. The summed E-state index contributed by atoms with van der Waals surface area (Å²) in [7, 11) is 1.77. The van der Waals surface area contributed by atoms with E-state index in [1.165, 1.54) is 0 Å². The van der Waals surface area contributed by atoms with Crippen molar-refractivity contribution in [2.24, 2.45) is 7.05 Å². The molecule has 0 fully saturated rings. The Labute approximate surface area is 128 Å². The smallest absolute Gasteiger partial charge is 0.320 e. The number of carbonyl (C=O) groups is 1. The lowest BCUT2D eigenvalue weighted by molar-refractivity contribution is 0.0950. The van der Waals surface area contributed by atoms with Crippen molar-refractivity contribution < 1.29 is 14.6 Å². The molecule has 3 N–H and O–H groups in total. The van der Waals surface area contributed by atoms with E-state index in [0.29, 0.717) is 19.0 Å². The van der Waals surface area contributed by atoms with Gasteiger partial charge in [0.2, 0.25) is 0 Å². The number of rotatable bonds is 7. The topological polar surface area (TPSA) is 88.4 Å². The van der Waals surface area contributed by atoms with E-state index in [1.807, 2.05) is 30.3 Å². The van der Waals surface area contributed by atoms with Crippen molar-refractivity contribution in [1.82, 2.24) is 15.1 Å². The molecule has 0 radical (unpaired) electrons. The Morgan fingerprint density at radius 2 is 2.09 bits per heavy atom. The van der Waals surface area contributed by atoms with Crippen LogP contribution in [-0.4, -0.2) is 47.3 Å². The van der Waals surface area contributed by atoms with Gasteiger partial charge in [-0.1, -0.05) is 30.3 Å². The Hall–Kier alpha value is -2.38. The molecule has 118 valence electrons. The lowest BCUT2D eigenvalue weighted by atomic mass is 10.1. The van der Waals surface area contributed by atoms with Crippen LogP contribution in [0.25, 0.3) is 11.1 Å². The number of nitrogens with zero attached hydrogens (tertiary/aromatic N) is 2. The lowest BCUT2D eigenvalue weighted by Gasteiger charge is -2.10. The maximum absolute atomic E-state index is 11.9. The maximum atomic E-state index is 11.9. The third kappa shape index (κ3) is 4.31. The van der Waals surface area contributed by atoms with Crippen molar-refractivity contribution in [3.8, 4) is 11.1 Å². The number of aromatic nitrogens is 2. The molecule has 0 saturated heterocycles. The zero-order valence-corrected chi connectivity index (χ0v) is 12.5. The van der Waals surface area contributed by atoms with Crippen molar-refractivity contribution in [3.63, 3.8) is 0 Å². The monoisotopic (exact) mass is 304 g/mol. The first kappa shape index (κ1) is 16.0. The minimum Gasteiger partial charge on any atom is -0.394 e. The molecule has 0 unspecified atom stereocenters. The number of aliphatic hydroxyl groups excluding tert-OH is 1. The molecule has 0 aliphatic rings. The molecular weight excluding hydrogens is 284 g/mol. The second kappa shape index (κ2) is 8.16. The predicted octanol–water partition coefficient (Wildman–Crippen LogP) is 1.22. The molecule has 22 heavy (non-hydrogen) atoms. The summed E-state index contributed by atoms with van der Waals surface area (Å²) >= 11 is 0. The average Bonchev–Trinajstić information content (AvgIpc) is 2.89. The van der Waals surface area contributed by atoms with Gasteiger partial charge >= 0.3 is 6.03 Å². The van der Waals surface area contributed by atoms with Gasteiger partial charge in [-0.15, -0.1) is 0 Å². The molecular formula is C15H20N4O3. The number of urea groups is 1. The molecule has 2 rings (SSSR count). The van der Waals surface area contributed by atoms with Crippen molar-refractivity contribution in [3.05, 3.63) is 36.5 Å². The summed E-state index contributed by atoms with van der Waals surface area (Å²) in [6.45, 7) is 0.958. The number of anilines is 1. The quantitative estimate of drug-likeness (QED) is 0.671.